The summed E-state index contributed by atoms with van der Waals surface area (Å²) in [6.07, 6.45) is 2.51. The van der Waals surface area contributed by atoms with Gasteiger partial charge >= 0.3 is 0 Å². The third-order valence-electron chi connectivity index (χ3n) is 2.43. The third kappa shape index (κ3) is 3.00. The summed E-state index contributed by atoms with van der Waals surface area (Å²) in [4.78, 5) is 3.55. The smallest absolute Gasteiger partial charge is 0.264 e. The van der Waals surface area contributed by atoms with Gasteiger partial charge in [-0.2, -0.15) is 0 Å². The molecule has 20 heavy (non-hydrogen) atoms. The first-order valence-corrected chi connectivity index (χ1v) is 7.26. The lowest BCUT2D eigenvalue weighted by atomic mass is 10.3. The first kappa shape index (κ1) is 14.5. The van der Waals surface area contributed by atoms with Gasteiger partial charge in [0.15, 0.2) is 11.6 Å². The summed E-state index contributed by atoms with van der Waals surface area (Å²) >= 11 is 5.81. The zero-order chi connectivity index (χ0) is 14.8. The van der Waals surface area contributed by atoms with Crippen molar-refractivity contribution >= 4 is 27.3 Å². The SMILES string of the molecule is COc1cc(NS(=O)(=O)c2cnccc2Cl)ccc1F. The molecular formula is C12H10ClFN2O3S. The highest BCUT2D eigenvalue weighted by atomic mass is 35.5. The highest BCUT2D eigenvalue weighted by Crippen LogP contribution is 2.25. The highest BCUT2D eigenvalue weighted by molar-refractivity contribution is 7.92. The van der Waals surface area contributed by atoms with Gasteiger partial charge in [-0.3, -0.25) is 9.71 Å². The second kappa shape index (κ2) is 5.64. The van der Waals surface area contributed by atoms with E-state index in [1.165, 1.54) is 31.5 Å². The number of pyridine rings is 1. The Bertz CT molecular complexity index is 737. The van der Waals surface area contributed by atoms with E-state index in [0.717, 1.165) is 12.3 Å². The van der Waals surface area contributed by atoms with E-state index >= 15 is 0 Å². The minimum absolute atomic E-state index is 0.0431. The average molecular weight is 317 g/mol. The van der Waals surface area contributed by atoms with Gasteiger partial charge in [0, 0.05) is 18.5 Å². The second-order valence-corrected chi connectivity index (χ2v) is 5.82. The van der Waals surface area contributed by atoms with Crippen molar-refractivity contribution in [3.05, 3.63) is 47.5 Å². The molecule has 8 heteroatoms. The van der Waals surface area contributed by atoms with E-state index in [-0.39, 0.29) is 21.4 Å². The number of sulfonamides is 1. The van der Waals surface area contributed by atoms with Crippen LogP contribution in [0.15, 0.2) is 41.6 Å². The molecule has 0 atom stereocenters. The van der Waals surface area contributed by atoms with Crippen LogP contribution in [0, 0.1) is 5.82 Å². The summed E-state index contributed by atoms with van der Waals surface area (Å²) in [6, 6.07) is 4.97. The minimum Gasteiger partial charge on any atom is -0.494 e. The summed E-state index contributed by atoms with van der Waals surface area (Å²) in [7, 11) is -2.62. The topological polar surface area (TPSA) is 68.3 Å². The first-order chi connectivity index (χ1) is 9.44. The lowest BCUT2D eigenvalue weighted by molar-refractivity contribution is 0.387. The van der Waals surface area contributed by atoms with Gasteiger partial charge in [0.2, 0.25) is 0 Å². The van der Waals surface area contributed by atoms with Crippen LogP contribution in [0.2, 0.25) is 5.02 Å². The Morgan fingerprint density at radius 1 is 1.35 bits per heavy atom. The van der Waals surface area contributed by atoms with Crippen LogP contribution in [0.25, 0.3) is 0 Å². The molecule has 1 heterocycles. The van der Waals surface area contributed by atoms with Crippen LogP contribution < -0.4 is 9.46 Å². The van der Waals surface area contributed by atoms with Crippen molar-refractivity contribution in [2.45, 2.75) is 4.90 Å². The number of nitrogens with one attached hydrogen (secondary N) is 1. The summed E-state index contributed by atoms with van der Waals surface area (Å²) in [6.45, 7) is 0. The van der Waals surface area contributed by atoms with Gasteiger partial charge in [0.1, 0.15) is 4.90 Å². The van der Waals surface area contributed by atoms with Crippen molar-refractivity contribution in [3.8, 4) is 5.75 Å². The van der Waals surface area contributed by atoms with Crippen LogP contribution >= 0.6 is 11.6 Å². The lowest BCUT2D eigenvalue weighted by Crippen LogP contribution is -2.13. The van der Waals surface area contributed by atoms with Crippen LogP contribution in [0.5, 0.6) is 5.75 Å². The number of methoxy groups -OCH3 is 1. The largest absolute Gasteiger partial charge is 0.494 e. The highest BCUT2D eigenvalue weighted by Gasteiger charge is 2.18. The molecule has 0 saturated heterocycles. The Morgan fingerprint density at radius 2 is 2.10 bits per heavy atom. The number of aromatic nitrogens is 1. The summed E-state index contributed by atoms with van der Waals surface area (Å²) < 4.78 is 44.6. The molecule has 0 bridgehead atoms. The van der Waals surface area contributed by atoms with Gasteiger partial charge in [0.25, 0.3) is 10.0 Å². The molecule has 0 spiro atoms. The summed E-state index contributed by atoms with van der Waals surface area (Å²) in [5.41, 5.74) is 0.156. The molecule has 0 unspecified atom stereocenters. The van der Waals surface area contributed by atoms with Crippen LogP contribution in [-0.2, 0) is 10.0 Å². The van der Waals surface area contributed by atoms with E-state index in [2.05, 4.69) is 9.71 Å². The number of nitrogens with zero attached hydrogens (tertiary/aromatic N) is 1. The molecule has 2 aromatic rings. The number of anilines is 1. The summed E-state index contributed by atoms with van der Waals surface area (Å²) in [5.74, 6) is -0.655. The van der Waals surface area contributed by atoms with Crippen LogP contribution in [-0.4, -0.2) is 20.5 Å². The molecule has 0 fully saturated rings. The molecule has 0 aliphatic carbocycles. The number of halogens is 2. The van der Waals surface area contributed by atoms with Gasteiger partial charge in [-0.05, 0) is 18.2 Å². The van der Waals surface area contributed by atoms with Crippen molar-refractivity contribution in [1.82, 2.24) is 4.98 Å². The Morgan fingerprint density at radius 3 is 2.75 bits per heavy atom. The average Bonchev–Trinajstić information content (AvgIpc) is 2.41. The van der Waals surface area contributed by atoms with Crippen molar-refractivity contribution < 1.29 is 17.5 Å². The Labute approximate surface area is 120 Å². The number of ether oxygens (including phenoxy) is 1. The number of benzene rings is 1. The van der Waals surface area contributed by atoms with Gasteiger partial charge in [-0.25, -0.2) is 12.8 Å². The molecule has 0 aliphatic rings. The number of hydrogen-bond donors (Lipinski definition) is 1. The molecule has 5 nitrogen and oxygen atoms in total. The quantitative estimate of drug-likeness (QED) is 0.941. The monoisotopic (exact) mass is 316 g/mol. The van der Waals surface area contributed by atoms with Crippen molar-refractivity contribution in [1.29, 1.82) is 0 Å². The first-order valence-electron chi connectivity index (χ1n) is 5.40. The molecule has 2 rings (SSSR count). The molecule has 1 aromatic carbocycles. The van der Waals surface area contributed by atoms with E-state index in [0.29, 0.717) is 0 Å². The van der Waals surface area contributed by atoms with Crippen molar-refractivity contribution in [2.24, 2.45) is 0 Å². The molecular weight excluding hydrogens is 307 g/mol. The molecule has 0 amide bonds. The van der Waals surface area contributed by atoms with Crippen molar-refractivity contribution in [3.63, 3.8) is 0 Å². The van der Waals surface area contributed by atoms with Crippen LogP contribution in [0.1, 0.15) is 0 Å². The van der Waals surface area contributed by atoms with E-state index in [4.69, 9.17) is 16.3 Å². The maximum atomic E-state index is 13.3. The molecule has 1 N–H and O–H groups in total. The molecule has 106 valence electrons. The predicted molar refractivity (Wildman–Crippen MR) is 73.0 cm³/mol. The van der Waals surface area contributed by atoms with E-state index < -0.39 is 15.8 Å². The Balaban J connectivity index is 2.36. The molecule has 0 aliphatic heterocycles. The fourth-order valence-corrected chi connectivity index (χ4v) is 2.98. The van der Waals surface area contributed by atoms with E-state index in [1.807, 2.05) is 0 Å². The number of rotatable bonds is 4. The Kier molecular flexibility index (Phi) is 4.10. The van der Waals surface area contributed by atoms with E-state index in [9.17, 15) is 12.8 Å². The maximum Gasteiger partial charge on any atom is 0.264 e. The maximum absolute atomic E-state index is 13.3. The van der Waals surface area contributed by atoms with Gasteiger partial charge in [-0.15, -0.1) is 0 Å². The molecule has 0 saturated carbocycles. The van der Waals surface area contributed by atoms with Gasteiger partial charge < -0.3 is 4.74 Å². The normalized spacial score (nSPS) is 11.2. The number of hydrogen-bond acceptors (Lipinski definition) is 4. The zero-order valence-corrected chi connectivity index (χ0v) is 11.9. The Hall–Kier alpha value is -1.86. The lowest BCUT2D eigenvalue weighted by Gasteiger charge is -2.10. The second-order valence-electron chi connectivity index (χ2n) is 3.76. The molecule has 0 radical (unpaired) electrons. The standard InChI is InChI=1S/C12H10ClFN2O3S/c1-19-11-6-8(2-3-10(11)14)16-20(17,18)12-7-15-5-4-9(12)13/h2-7,16H,1H3. The van der Waals surface area contributed by atoms with Crippen LogP contribution in [0.4, 0.5) is 10.1 Å². The minimum atomic E-state index is -3.90. The fourth-order valence-electron chi connectivity index (χ4n) is 1.49. The van der Waals surface area contributed by atoms with Gasteiger partial charge in [-0.1, -0.05) is 11.6 Å². The molecule has 1 aromatic heterocycles. The third-order valence-corrected chi connectivity index (χ3v) is 4.28. The van der Waals surface area contributed by atoms with Crippen LogP contribution in [0.3, 0.4) is 0 Å². The summed E-state index contributed by atoms with van der Waals surface area (Å²) in [5, 5.41) is 0.0431. The fraction of sp³-hybridized carbons (Fsp3) is 0.0833. The predicted octanol–water partition coefficient (Wildman–Crippen LogP) is 2.68. The van der Waals surface area contributed by atoms with E-state index in [1.54, 1.807) is 0 Å². The zero-order valence-electron chi connectivity index (χ0n) is 10.3. The van der Waals surface area contributed by atoms with Gasteiger partial charge in [0.05, 0.1) is 17.8 Å². The van der Waals surface area contributed by atoms with Crippen molar-refractivity contribution in [2.75, 3.05) is 11.8 Å².